The van der Waals surface area contributed by atoms with Crippen molar-refractivity contribution >= 4 is 43.2 Å². The van der Waals surface area contributed by atoms with E-state index in [2.05, 4.69) is 31.9 Å². The van der Waals surface area contributed by atoms with Crippen LogP contribution in [-0.4, -0.2) is 11.0 Å². The topological polar surface area (TPSA) is 20.2 Å². The molecule has 1 heterocycles. The van der Waals surface area contributed by atoms with E-state index in [0.717, 1.165) is 19.6 Å². The Hall–Kier alpha value is 0.480. The van der Waals surface area contributed by atoms with Gasteiger partial charge in [-0.3, -0.25) is 0 Å². The number of thiophene rings is 1. The third-order valence-corrected chi connectivity index (χ3v) is 5.73. The molecule has 1 aromatic rings. The van der Waals surface area contributed by atoms with Crippen LogP contribution in [0.25, 0.3) is 0 Å². The van der Waals surface area contributed by atoms with E-state index < -0.39 is 12.0 Å². The van der Waals surface area contributed by atoms with Gasteiger partial charge in [0.1, 0.15) is 0 Å². The lowest BCUT2D eigenvalue weighted by atomic mass is 9.82. The van der Waals surface area contributed by atoms with Crippen molar-refractivity contribution in [2.45, 2.75) is 44.1 Å². The monoisotopic (exact) mass is 402 g/mol. The first kappa shape index (κ1) is 14.9. The predicted octanol–water partition coefficient (Wildman–Crippen LogP) is 5.52. The molecule has 0 aromatic carbocycles. The quantitative estimate of drug-likeness (QED) is 0.704. The number of alkyl halides is 2. The van der Waals surface area contributed by atoms with E-state index in [1.54, 1.807) is 0 Å². The summed E-state index contributed by atoms with van der Waals surface area (Å²) >= 11 is 8.22. The molecule has 0 amide bonds. The third kappa shape index (κ3) is 3.74. The molecule has 102 valence electrons. The fourth-order valence-electron chi connectivity index (χ4n) is 2.50. The number of aliphatic hydroxyl groups is 1. The van der Waals surface area contributed by atoms with Crippen LogP contribution in [0, 0.1) is 5.92 Å². The van der Waals surface area contributed by atoms with Gasteiger partial charge in [0.2, 0.25) is 5.92 Å². The minimum absolute atomic E-state index is 0.00666. The lowest BCUT2D eigenvalue weighted by molar-refractivity contribution is -0.0590. The van der Waals surface area contributed by atoms with Crippen LogP contribution < -0.4 is 0 Å². The molecule has 1 nitrogen and oxygen atoms in total. The number of rotatable bonds is 3. The fourth-order valence-corrected chi connectivity index (χ4v) is 5.46. The summed E-state index contributed by atoms with van der Waals surface area (Å²) in [5.41, 5.74) is 0.792. The maximum Gasteiger partial charge on any atom is 0.248 e. The van der Waals surface area contributed by atoms with Gasteiger partial charge in [-0.25, -0.2) is 8.78 Å². The summed E-state index contributed by atoms with van der Waals surface area (Å²) in [6, 6.07) is 1.85. The van der Waals surface area contributed by atoms with Crippen LogP contribution in [0.2, 0.25) is 0 Å². The zero-order chi connectivity index (χ0) is 13.3. The van der Waals surface area contributed by atoms with Crippen LogP contribution in [0.15, 0.2) is 13.6 Å². The Morgan fingerprint density at radius 3 is 2.78 bits per heavy atom. The first-order valence-corrected chi connectivity index (χ1v) is 8.28. The van der Waals surface area contributed by atoms with Gasteiger partial charge in [-0.1, -0.05) is 0 Å². The zero-order valence-electron chi connectivity index (χ0n) is 9.63. The lowest BCUT2D eigenvalue weighted by Crippen LogP contribution is -2.27. The van der Waals surface area contributed by atoms with Crippen molar-refractivity contribution in [3.05, 3.63) is 19.2 Å². The van der Waals surface area contributed by atoms with Gasteiger partial charge in [0.05, 0.1) is 13.7 Å². The fraction of sp³-hybridized carbons (Fsp3) is 0.667. The van der Waals surface area contributed by atoms with Gasteiger partial charge in [0.15, 0.2) is 0 Å². The number of aliphatic hydroxyl groups excluding tert-OH is 1. The summed E-state index contributed by atoms with van der Waals surface area (Å²) in [6.07, 6.45) is 0.993. The van der Waals surface area contributed by atoms with E-state index in [0.29, 0.717) is 12.8 Å². The van der Waals surface area contributed by atoms with Crippen molar-refractivity contribution in [2.75, 3.05) is 0 Å². The largest absolute Gasteiger partial charge is 0.388 e. The van der Waals surface area contributed by atoms with Crippen molar-refractivity contribution in [3.8, 4) is 0 Å². The molecule has 2 unspecified atom stereocenters. The van der Waals surface area contributed by atoms with Gasteiger partial charge in [-0.2, -0.15) is 0 Å². The summed E-state index contributed by atoms with van der Waals surface area (Å²) in [6.45, 7) is 0. The summed E-state index contributed by atoms with van der Waals surface area (Å²) in [4.78, 5) is 0. The van der Waals surface area contributed by atoms with Crippen LogP contribution in [0.4, 0.5) is 8.78 Å². The molecule has 6 heteroatoms. The Morgan fingerprint density at radius 1 is 1.50 bits per heavy atom. The Labute approximate surface area is 126 Å². The molecule has 1 aliphatic rings. The van der Waals surface area contributed by atoms with Crippen LogP contribution >= 0.6 is 43.2 Å². The third-order valence-electron chi connectivity index (χ3n) is 3.34. The molecule has 1 fully saturated rings. The van der Waals surface area contributed by atoms with E-state index in [9.17, 15) is 13.9 Å². The molecule has 1 aliphatic carbocycles. The van der Waals surface area contributed by atoms with E-state index in [4.69, 9.17) is 0 Å². The first-order valence-electron chi connectivity index (χ1n) is 5.88. The molecule has 1 N–H and O–H groups in total. The maximum atomic E-state index is 13.3. The Bertz CT molecular complexity index is 422. The SMILES string of the molecule is OC(CC1CCCC(F)(F)C1)c1cc(Br)sc1Br. The number of halogens is 4. The Morgan fingerprint density at radius 2 is 2.22 bits per heavy atom. The lowest BCUT2D eigenvalue weighted by Gasteiger charge is -2.30. The molecule has 0 radical (unpaired) electrons. The second-order valence-corrected chi connectivity index (χ2v) is 8.60. The highest BCUT2D eigenvalue weighted by Crippen LogP contribution is 2.42. The maximum absolute atomic E-state index is 13.3. The van der Waals surface area contributed by atoms with Crippen molar-refractivity contribution in [1.82, 2.24) is 0 Å². The van der Waals surface area contributed by atoms with Gasteiger partial charge in [-0.05, 0) is 63.1 Å². The Kier molecular flexibility index (Phi) is 4.84. The Balaban J connectivity index is 1.99. The summed E-state index contributed by atoms with van der Waals surface area (Å²) in [5.74, 6) is -2.64. The highest BCUT2D eigenvalue weighted by Gasteiger charge is 2.37. The summed E-state index contributed by atoms with van der Waals surface area (Å²) < 4.78 is 28.4. The van der Waals surface area contributed by atoms with E-state index in [1.807, 2.05) is 6.07 Å². The minimum Gasteiger partial charge on any atom is -0.388 e. The van der Waals surface area contributed by atoms with Crippen molar-refractivity contribution in [2.24, 2.45) is 5.92 Å². The molecule has 18 heavy (non-hydrogen) atoms. The molecule has 0 saturated heterocycles. The smallest absolute Gasteiger partial charge is 0.248 e. The molecule has 1 saturated carbocycles. The average molecular weight is 404 g/mol. The van der Waals surface area contributed by atoms with Crippen molar-refractivity contribution < 1.29 is 13.9 Å². The minimum atomic E-state index is -2.55. The first-order chi connectivity index (χ1) is 8.37. The normalized spacial score (nSPS) is 25.1. The van der Waals surface area contributed by atoms with Crippen LogP contribution in [0.5, 0.6) is 0 Å². The average Bonchev–Trinajstić information content (AvgIpc) is 2.56. The van der Waals surface area contributed by atoms with Crippen LogP contribution in [0.1, 0.15) is 43.8 Å². The van der Waals surface area contributed by atoms with E-state index in [-0.39, 0.29) is 18.8 Å². The molecule has 2 rings (SSSR count). The standard InChI is InChI=1S/C12H14Br2F2OS/c13-10-5-8(11(14)18-10)9(17)4-7-2-1-3-12(15,16)6-7/h5,7,9,17H,1-4,6H2. The summed E-state index contributed by atoms with van der Waals surface area (Å²) in [5, 5.41) is 10.1. The zero-order valence-corrected chi connectivity index (χ0v) is 13.6. The van der Waals surface area contributed by atoms with Gasteiger partial charge >= 0.3 is 0 Å². The van der Waals surface area contributed by atoms with Crippen molar-refractivity contribution in [1.29, 1.82) is 0 Å². The molecule has 2 atom stereocenters. The molecule has 1 aromatic heterocycles. The molecular weight excluding hydrogens is 390 g/mol. The van der Waals surface area contributed by atoms with Crippen molar-refractivity contribution in [3.63, 3.8) is 0 Å². The number of hydrogen-bond acceptors (Lipinski definition) is 2. The second-order valence-electron chi connectivity index (χ2n) is 4.85. The van der Waals surface area contributed by atoms with Gasteiger partial charge in [0.25, 0.3) is 0 Å². The molecular formula is C12H14Br2F2OS. The summed E-state index contributed by atoms with van der Waals surface area (Å²) in [7, 11) is 0. The highest BCUT2D eigenvalue weighted by molar-refractivity contribution is 9.12. The van der Waals surface area contributed by atoms with Crippen LogP contribution in [-0.2, 0) is 0 Å². The van der Waals surface area contributed by atoms with Crippen LogP contribution in [0.3, 0.4) is 0 Å². The predicted molar refractivity (Wildman–Crippen MR) is 76.2 cm³/mol. The van der Waals surface area contributed by atoms with Gasteiger partial charge in [0, 0.05) is 18.4 Å². The van der Waals surface area contributed by atoms with Gasteiger partial charge < -0.3 is 5.11 Å². The highest BCUT2D eigenvalue weighted by atomic mass is 79.9. The van der Waals surface area contributed by atoms with E-state index in [1.165, 1.54) is 11.3 Å². The van der Waals surface area contributed by atoms with E-state index >= 15 is 0 Å². The second kappa shape index (κ2) is 5.85. The number of hydrogen-bond donors (Lipinski definition) is 1. The van der Waals surface area contributed by atoms with Gasteiger partial charge in [-0.15, -0.1) is 11.3 Å². The molecule has 0 spiro atoms. The molecule has 0 aliphatic heterocycles. The molecule has 0 bridgehead atoms.